The van der Waals surface area contributed by atoms with E-state index >= 15 is 0 Å². The molecule has 0 radical (unpaired) electrons. The molecule has 0 bridgehead atoms. The fraction of sp³-hybridized carbons (Fsp3) is 0.500. The van der Waals surface area contributed by atoms with Crippen molar-refractivity contribution in [2.75, 3.05) is 13.6 Å². The predicted octanol–water partition coefficient (Wildman–Crippen LogP) is 2.84. The Morgan fingerprint density at radius 2 is 2.08 bits per heavy atom. The number of allylic oxidation sites excluding steroid dienone is 2. The predicted molar refractivity (Wildman–Crippen MR) is 47.7 cm³/mol. The number of nitrogens with one attached hydrogen (secondary N) is 1. The van der Waals surface area contributed by atoms with E-state index in [0.29, 0.717) is 13.0 Å². The summed E-state index contributed by atoms with van der Waals surface area (Å²) in [7, 11) is 1.71. The van der Waals surface area contributed by atoms with Crippen molar-refractivity contribution in [3.63, 3.8) is 0 Å². The number of alkyl halides is 3. The zero-order chi connectivity index (χ0) is 10.5. The van der Waals surface area contributed by atoms with Crippen LogP contribution in [0.15, 0.2) is 23.3 Å². The third-order valence-corrected chi connectivity index (χ3v) is 1.73. The van der Waals surface area contributed by atoms with Crippen molar-refractivity contribution in [3.8, 4) is 0 Å². The van der Waals surface area contributed by atoms with Gasteiger partial charge in [0.05, 0.1) is 5.57 Å². The van der Waals surface area contributed by atoms with Crippen molar-refractivity contribution < 1.29 is 13.2 Å². The Morgan fingerprint density at radius 3 is 2.46 bits per heavy atom. The van der Waals surface area contributed by atoms with Gasteiger partial charge in [0.15, 0.2) is 0 Å². The van der Waals surface area contributed by atoms with Crippen molar-refractivity contribution in [2.24, 2.45) is 0 Å². The van der Waals surface area contributed by atoms with Crippen LogP contribution >= 0.6 is 11.6 Å². The molecular weight excluding hydrogens is 203 g/mol. The van der Waals surface area contributed by atoms with E-state index in [4.69, 9.17) is 11.6 Å². The second kappa shape index (κ2) is 5.29. The first kappa shape index (κ1) is 12.5. The zero-order valence-corrected chi connectivity index (χ0v) is 7.97. The standard InChI is InChI=1S/C8H11ClF3N/c1-6(8(10,11)12)7(9)4-3-5-13-2/h4,13H,1,3,5H2,2H3/b7-4+. The second-order valence-corrected chi connectivity index (χ2v) is 2.83. The molecule has 0 aliphatic carbocycles. The molecule has 0 saturated carbocycles. The summed E-state index contributed by atoms with van der Waals surface area (Å²) in [6.45, 7) is 3.44. The molecule has 5 heteroatoms. The molecule has 0 aromatic carbocycles. The molecule has 13 heavy (non-hydrogen) atoms. The molecule has 0 aromatic rings. The Bertz CT molecular complexity index is 208. The second-order valence-electron chi connectivity index (χ2n) is 2.42. The summed E-state index contributed by atoms with van der Waals surface area (Å²) >= 11 is 5.37. The van der Waals surface area contributed by atoms with Crippen LogP contribution in [0.5, 0.6) is 0 Å². The van der Waals surface area contributed by atoms with E-state index in [2.05, 4.69) is 11.9 Å². The lowest BCUT2D eigenvalue weighted by molar-refractivity contribution is -0.0882. The van der Waals surface area contributed by atoms with Gasteiger partial charge in [-0.3, -0.25) is 0 Å². The van der Waals surface area contributed by atoms with Crippen LogP contribution < -0.4 is 5.32 Å². The first-order valence-corrected chi connectivity index (χ1v) is 4.04. The lowest BCUT2D eigenvalue weighted by atomic mass is 10.2. The summed E-state index contributed by atoms with van der Waals surface area (Å²) in [5, 5.41) is 2.46. The van der Waals surface area contributed by atoms with Crippen molar-refractivity contribution >= 4 is 11.6 Å². The van der Waals surface area contributed by atoms with Gasteiger partial charge in [-0.2, -0.15) is 13.2 Å². The van der Waals surface area contributed by atoms with Crippen LogP contribution in [0.4, 0.5) is 13.2 Å². The molecular formula is C8H11ClF3N. The molecule has 0 aliphatic rings. The average molecular weight is 214 g/mol. The SMILES string of the molecule is C=C(/C(Cl)=C\CCNC)C(F)(F)F. The zero-order valence-electron chi connectivity index (χ0n) is 7.21. The highest BCUT2D eigenvalue weighted by Crippen LogP contribution is 2.31. The number of halogens is 4. The molecule has 0 spiro atoms. The molecule has 0 rings (SSSR count). The largest absolute Gasteiger partial charge is 0.417 e. The lowest BCUT2D eigenvalue weighted by Crippen LogP contribution is -2.11. The molecule has 0 fully saturated rings. The Balaban J connectivity index is 4.18. The van der Waals surface area contributed by atoms with Crippen molar-refractivity contribution in [2.45, 2.75) is 12.6 Å². The molecule has 0 unspecified atom stereocenters. The van der Waals surface area contributed by atoms with E-state index in [9.17, 15) is 13.2 Å². The lowest BCUT2D eigenvalue weighted by Gasteiger charge is -2.08. The van der Waals surface area contributed by atoms with E-state index < -0.39 is 11.7 Å². The van der Waals surface area contributed by atoms with Gasteiger partial charge in [-0.05, 0) is 20.0 Å². The maximum atomic E-state index is 12.0. The van der Waals surface area contributed by atoms with Crippen LogP contribution in [-0.4, -0.2) is 19.8 Å². The van der Waals surface area contributed by atoms with Gasteiger partial charge in [0, 0.05) is 5.03 Å². The van der Waals surface area contributed by atoms with Gasteiger partial charge in [0.25, 0.3) is 0 Å². The first-order chi connectivity index (χ1) is 5.89. The highest BCUT2D eigenvalue weighted by atomic mass is 35.5. The average Bonchev–Trinajstić information content (AvgIpc) is 2.01. The minimum atomic E-state index is -4.44. The molecule has 0 atom stereocenters. The molecule has 1 N–H and O–H groups in total. The smallest absolute Gasteiger partial charge is 0.319 e. The minimum Gasteiger partial charge on any atom is -0.319 e. The minimum absolute atomic E-state index is 0.331. The van der Waals surface area contributed by atoms with Gasteiger partial charge in [-0.25, -0.2) is 0 Å². The number of hydrogen-bond donors (Lipinski definition) is 1. The van der Waals surface area contributed by atoms with Crippen LogP contribution in [0.1, 0.15) is 6.42 Å². The van der Waals surface area contributed by atoms with Gasteiger partial charge in [0.1, 0.15) is 0 Å². The van der Waals surface area contributed by atoms with Crippen LogP contribution in [0, 0.1) is 0 Å². The van der Waals surface area contributed by atoms with Gasteiger partial charge in [0.2, 0.25) is 0 Å². The summed E-state index contributed by atoms with van der Waals surface area (Å²) in [5.74, 6) is 0. The monoisotopic (exact) mass is 213 g/mol. The molecule has 0 aromatic heterocycles. The van der Waals surface area contributed by atoms with E-state index in [1.54, 1.807) is 7.05 Å². The van der Waals surface area contributed by atoms with E-state index in [0.717, 1.165) is 0 Å². The maximum absolute atomic E-state index is 12.0. The van der Waals surface area contributed by atoms with Crippen LogP contribution in [-0.2, 0) is 0 Å². The number of rotatable bonds is 4. The molecule has 0 heterocycles. The molecule has 1 nitrogen and oxygen atoms in total. The molecule has 0 saturated heterocycles. The van der Waals surface area contributed by atoms with Crippen LogP contribution in [0.25, 0.3) is 0 Å². The summed E-state index contributed by atoms with van der Waals surface area (Å²) in [6, 6.07) is 0. The van der Waals surface area contributed by atoms with Gasteiger partial charge in [-0.1, -0.05) is 24.3 Å². The normalized spacial score (nSPS) is 13.2. The summed E-state index contributed by atoms with van der Waals surface area (Å²) < 4.78 is 35.9. The first-order valence-electron chi connectivity index (χ1n) is 3.66. The Morgan fingerprint density at radius 1 is 1.54 bits per heavy atom. The van der Waals surface area contributed by atoms with Gasteiger partial charge < -0.3 is 5.32 Å². The topological polar surface area (TPSA) is 12.0 Å². The maximum Gasteiger partial charge on any atom is 0.417 e. The van der Waals surface area contributed by atoms with Gasteiger partial charge >= 0.3 is 6.18 Å². The third-order valence-electron chi connectivity index (χ3n) is 1.35. The Hall–Kier alpha value is -0.480. The van der Waals surface area contributed by atoms with Crippen molar-refractivity contribution in [1.29, 1.82) is 0 Å². The Kier molecular flexibility index (Phi) is 5.10. The fourth-order valence-electron chi connectivity index (χ4n) is 0.602. The van der Waals surface area contributed by atoms with E-state index in [1.165, 1.54) is 6.08 Å². The van der Waals surface area contributed by atoms with E-state index in [-0.39, 0.29) is 5.03 Å². The highest BCUT2D eigenvalue weighted by Gasteiger charge is 2.33. The van der Waals surface area contributed by atoms with Crippen LogP contribution in [0.3, 0.4) is 0 Å². The third kappa shape index (κ3) is 4.95. The molecule has 0 aliphatic heterocycles. The van der Waals surface area contributed by atoms with E-state index in [1.807, 2.05) is 0 Å². The van der Waals surface area contributed by atoms with Gasteiger partial charge in [-0.15, -0.1) is 0 Å². The fourth-order valence-corrected chi connectivity index (χ4v) is 0.818. The highest BCUT2D eigenvalue weighted by molar-refractivity contribution is 6.32. The van der Waals surface area contributed by atoms with Crippen LogP contribution in [0.2, 0.25) is 0 Å². The Labute approximate surface area is 80.3 Å². The summed E-state index contributed by atoms with van der Waals surface area (Å²) in [4.78, 5) is 0. The number of hydrogen-bond acceptors (Lipinski definition) is 1. The summed E-state index contributed by atoms with van der Waals surface area (Å²) in [5.41, 5.74) is -0.995. The van der Waals surface area contributed by atoms with Crippen molar-refractivity contribution in [3.05, 3.63) is 23.3 Å². The quantitative estimate of drug-likeness (QED) is 0.559. The molecule has 76 valence electrons. The summed E-state index contributed by atoms with van der Waals surface area (Å²) in [6.07, 6.45) is -2.69. The molecule has 0 amide bonds. The van der Waals surface area contributed by atoms with Crippen molar-refractivity contribution in [1.82, 2.24) is 5.32 Å².